The van der Waals surface area contributed by atoms with Crippen LogP contribution in [0.1, 0.15) is 5.56 Å². The van der Waals surface area contributed by atoms with Gasteiger partial charge in [-0.15, -0.1) is 0 Å². The zero-order valence-electron chi connectivity index (χ0n) is 9.93. The van der Waals surface area contributed by atoms with Crippen molar-refractivity contribution in [2.24, 2.45) is 5.41 Å². The second-order valence-electron chi connectivity index (χ2n) is 4.94. The molecular formula is C15H14O3. The van der Waals surface area contributed by atoms with E-state index in [0.717, 1.165) is 10.9 Å². The maximum absolute atomic E-state index is 11.3. The lowest BCUT2D eigenvalue weighted by atomic mass is 9.79. The Morgan fingerprint density at radius 1 is 1.17 bits per heavy atom. The molecule has 3 heteroatoms. The molecule has 0 spiro atoms. The molecule has 0 bridgehead atoms. The molecule has 3 nitrogen and oxygen atoms in total. The Balaban J connectivity index is 1.93. The van der Waals surface area contributed by atoms with Gasteiger partial charge in [-0.3, -0.25) is 4.79 Å². The van der Waals surface area contributed by atoms with Gasteiger partial charge in [-0.25, -0.2) is 0 Å². The van der Waals surface area contributed by atoms with Gasteiger partial charge in [0, 0.05) is 0 Å². The van der Waals surface area contributed by atoms with Crippen LogP contribution in [-0.2, 0) is 16.0 Å². The number of ether oxygens (including phenoxy) is 1. The van der Waals surface area contributed by atoms with Gasteiger partial charge in [-0.05, 0) is 22.8 Å². The van der Waals surface area contributed by atoms with E-state index in [0.29, 0.717) is 19.6 Å². The summed E-state index contributed by atoms with van der Waals surface area (Å²) in [5.41, 5.74) is 0.335. The molecule has 0 aliphatic carbocycles. The minimum atomic E-state index is -0.762. The second kappa shape index (κ2) is 4.10. The lowest BCUT2D eigenvalue weighted by molar-refractivity contribution is -0.179. The monoisotopic (exact) mass is 242 g/mol. The van der Waals surface area contributed by atoms with E-state index in [1.165, 1.54) is 5.39 Å². The SMILES string of the molecule is O=C(O)C1(Cc2ccc3ccccc3c2)COC1. The highest BCUT2D eigenvalue weighted by Crippen LogP contribution is 2.32. The molecule has 92 valence electrons. The molecule has 3 rings (SSSR count). The Morgan fingerprint density at radius 3 is 2.50 bits per heavy atom. The fourth-order valence-electron chi connectivity index (χ4n) is 2.39. The highest BCUT2D eigenvalue weighted by atomic mass is 16.5. The summed E-state index contributed by atoms with van der Waals surface area (Å²) in [7, 11) is 0. The van der Waals surface area contributed by atoms with E-state index >= 15 is 0 Å². The van der Waals surface area contributed by atoms with Crippen LogP contribution in [0.3, 0.4) is 0 Å². The van der Waals surface area contributed by atoms with E-state index < -0.39 is 11.4 Å². The largest absolute Gasteiger partial charge is 0.481 e. The molecule has 1 heterocycles. The third-order valence-corrected chi connectivity index (χ3v) is 3.57. The standard InChI is InChI=1S/C15H14O3/c16-14(17)15(9-18-10-15)8-11-5-6-12-3-1-2-4-13(12)7-11/h1-7H,8-10H2,(H,16,17). The van der Waals surface area contributed by atoms with Gasteiger partial charge in [0.05, 0.1) is 13.2 Å². The van der Waals surface area contributed by atoms with Crippen molar-refractivity contribution < 1.29 is 14.6 Å². The Kier molecular flexibility index (Phi) is 2.56. The van der Waals surface area contributed by atoms with Gasteiger partial charge in [-0.1, -0.05) is 42.5 Å². The molecule has 1 aliphatic heterocycles. The number of benzene rings is 2. The van der Waals surface area contributed by atoms with E-state index in [-0.39, 0.29) is 0 Å². The van der Waals surface area contributed by atoms with Crippen LogP contribution in [0, 0.1) is 5.41 Å². The fourth-order valence-corrected chi connectivity index (χ4v) is 2.39. The van der Waals surface area contributed by atoms with Crippen molar-refractivity contribution in [3.05, 3.63) is 48.0 Å². The average Bonchev–Trinajstić information content (AvgIpc) is 2.33. The van der Waals surface area contributed by atoms with Crippen LogP contribution in [0.4, 0.5) is 0 Å². The van der Waals surface area contributed by atoms with Crippen LogP contribution in [0.2, 0.25) is 0 Å². The summed E-state index contributed by atoms with van der Waals surface area (Å²) in [5, 5.41) is 11.6. The molecule has 2 aromatic rings. The first kappa shape index (κ1) is 11.2. The Labute approximate surface area is 105 Å². The highest BCUT2D eigenvalue weighted by Gasteiger charge is 2.46. The molecule has 0 amide bonds. The van der Waals surface area contributed by atoms with Crippen molar-refractivity contribution in [2.75, 3.05) is 13.2 Å². The van der Waals surface area contributed by atoms with Crippen LogP contribution in [-0.4, -0.2) is 24.3 Å². The van der Waals surface area contributed by atoms with Crippen LogP contribution >= 0.6 is 0 Å². The number of carboxylic acids is 1. The van der Waals surface area contributed by atoms with E-state index in [1.807, 2.05) is 30.3 Å². The van der Waals surface area contributed by atoms with Gasteiger partial charge in [-0.2, -0.15) is 0 Å². The molecular weight excluding hydrogens is 228 g/mol. The summed E-state index contributed by atoms with van der Waals surface area (Å²) in [6, 6.07) is 14.2. The topological polar surface area (TPSA) is 46.5 Å². The number of fused-ring (bicyclic) bond motifs is 1. The van der Waals surface area contributed by atoms with Crippen molar-refractivity contribution in [1.82, 2.24) is 0 Å². The quantitative estimate of drug-likeness (QED) is 0.899. The van der Waals surface area contributed by atoms with Gasteiger partial charge in [0.15, 0.2) is 0 Å². The summed E-state index contributed by atoms with van der Waals surface area (Å²) >= 11 is 0. The number of hydrogen-bond acceptors (Lipinski definition) is 2. The third-order valence-electron chi connectivity index (χ3n) is 3.57. The minimum absolute atomic E-state index is 0.315. The van der Waals surface area contributed by atoms with Crippen LogP contribution < -0.4 is 0 Å². The minimum Gasteiger partial charge on any atom is -0.481 e. The molecule has 1 N–H and O–H groups in total. The molecule has 1 fully saturated rings. The first-order valence-corrected chi connectivity index (χ1v) is 5.98. The summed E-state index contributed by atoms with van der Waals surface area (Å²) in [5.74, 6) is -0.762. The third kappa shape index (κ3) is 1.77. The molecule has 18 heavy (non-hydrogen) atoms. The van der Waals surface area contributed by atoms with Crippen LogP contribution in [0.25, 0.3) is 10.8 Å². The van der Waals surface area contributed by atoms with Crippen molar-refractivity contribution in [3.63, 3.8) is 0 Å². The van der Waals surface area contributed by atoms with Crippen molar-refractivity contribution in [3.8, 4) is 0 Å². The lowest BCUT2D eigenvalue weighted by Gasteiger charge is -2.37. The molecule has 0 aromatic heterocycles. The summed E-state index contributed by atoms with van der Waals surface area (Å²) in [4.78, 5) is 11.3. The van der Waals surface area contributed by atoms with Crippen LogP contribution in [0.5, 0.6) is 0 Å². The van der Waals surface area contributed by atoms with Gasteiger partial charge >= 0.3 is 5.97 Å². The summed E-state index contributed by atoms with van der Waals surface area (Å²) < 4.78 is 5.08. The summed E-state index contributed by atoms with van der Waals surface area (Å²) in [6.45, 7) is 0.629. The van der Waals surface area contributed by atoms with Gasteiger partial charge in [0.2, 0.25) is 0 Å². The zero-order chi connectivity index (χ0) is 12.6. The molecule has 0 radical (unpaired) electrons. The normalized spacial score (nSPS) is 17.3. The molecule has 1 saturated heterocycles. The summed E-state index contributed by atoms with van der Waals surface area (Å²) in [6.07, 6.45) is 0.535. The number of aliphatic carboxylic acids is 1. The maximum Gasteiger partial charge on any atom is 0.314 e. The average molecular weight is 242 g/mol. The van der Waals surface area contributed by atoms with E-state index in [4.69, 9.17) is 4.74 Å². The molecule has 0 atom stereocenters. The molecule has 2 aromatic carbocycles. The zero-order valence-corrected chi connectivity index (χ0v) is 9.93. The van der Waals surface area contributed by atoms with E-state index in [2.05, 4.69) is 12.1 Å². The van der Waals surface area contributed by atoms with E-state index in [9.17, 15) is 9.90 Å². The predicted molar refractivity (Wildman–Crippen MR) is 68.5 cm³/mol. The van der Waals surface area contributed by atoms with Gasteiger partial charge < -0.3 is 9.84 Å². The predicted octanol–water partition coefficient (Wildman–Crippen LogP) is 2.48. The number of carbonyl (C=O) groups is 1. The lowest BCUT2D eigenvalue weighted by Crippen LogP contribution is -2.50. The first-order chi connectivity index (χ1) is 8.70. The fraction of sp³-hybridized carbons (Fsp3) is 0.267. The first-order valence-electron chi connectivity index (χ1n) is 5.98. The van der Waals surface area contributed by atoms with E-state index in [1.54, 1.807) is 0 Å². The molecule has 0 unspecified atom stereocenters. The Hall–Kier alpha value is -1.87. The van der Waals surface area contributed by atoms with Gasteiger partial charge in [0.25, 0.3) is 0 Å². The van der Waals surface area contributed by atoms with Crippen molar-refractivity contribution in [1.29, 1.82) is 0 Å². The Morgan fingerprint density at radius 2 is 1.89 bits per heavy atom. The van der Waals surface area contributed by atoms with Crippen molar-refractivity contribution in [2.45, 2.75) is 6.42 Å². The number of hydrogen-bond donors (Lipinski definition) is 1. The highest BCUT2D eigenvalue weighted by molar-refractivity contribution is 5.83. The smallest absolute Gasteiger partial charge is 0.314 e. The number of carboxylic acid groups (broad SMARTS) is 1. The molecule has 0 saturated carbocycles. The Bertz CT molecular complexity index is 599. The van der Waals surface area contributed by atoms with Crippen molar-refractivity contribution >= 4 is 16.7 Å². The van der Waals surface area contributed by atoms with Gasteiger partial charge in [0.1, 0.15) is 5.41 Å². The van der Waals surface area contributed by atoms with Crippen LogP contribution in [0.15, 0.2) is 42.5 Å². The molecule has 1 aliphatic rings. The maximum atomic E-state index is 11.3. The number of rotatable bonds is 3. The second-order valence-corrected chi connectivity index (χ2v) is 4.94.